The normalized spacial score (nSPS) is 26.8. The van der Waals surface area contributed by atoms with Gasteiger partial charge >= 0.3 is 0 Å². The summed E-state index contributed by atoms with van der Waals surface area (Å²) in [6, 6.07) is 8.36. The Hall–Kier alpha value is -1.49. The number of hydrogen-bond acceptors (Lipinski definition) is 2. The van der Waals surface area contributed by atoms with Crippen LogP contribution in [0.4, 0.5) is 8.78 Å². The van der Waals surface area contributed by atoms with E-state index < -0.39 is 29.0 Å². The molecular formula is C24H27Cl2F2NO. The summed E-state index contributed by atoms with van der Waals surface area (Å²) in [5, 5.41) is 3.68. The number of halogens is 4. The van der Waals surface area contributed by atoms with Crippen molar-refractivity contribution in [3.05, 3.63) is 69.2 Å². The van der Waals surface area contributed by atoms with Crippen LogP contribution in [-0.4, -0.2) is 17.9 Å². The molecule has 30 heavy (non-hydrogen) atoms. The Morgan fingerprint density at radius 3 is 2.40 bits per heavy atom. The molecule has 0 amide bonds. The van der Waals surface area contributed by atoms with Crippen molar-refractivity contribution in [1.29, 1.82) is 0 Å². The summed E-state index contributed by atoms with van der Waals surface area (Å²) in [6.45, 7) is 9.64. The Morgan fingerprint density at radius 2 is 1.83 bits per heavy atom. The van der Waals surface area contributed by atoms with E-state index in [0.29, 0.717) is 17.5 Å². The molecule has 0 spiro atoms. The van der Waals surface area contributed by atoms with Gasteiger partial charge in [-0.15, -0.1) is 0 Å². The van der Waals surface area contributed by atoms with E-state index in [1.54, 1.807) is 24.3 Å². The molecule has 6 heteroatoms. The molecule has 2 aromatic rings. The van der Waals surface area contributed by atoms with Crippen LogP contribution in [-0.2, 0) is 10.2 Å². The Labute approximate surface area is 187 Å². The third-order valence-corrected chi connectivity index (χ3v) is 6.69. The summed E-state index contributed by atoms with van der Waals surface area (Å²) in [4.78, 5) is 12.7. The fraction of sp³-hybridized carbons (Fsp3) is 0.458. The lowest BCUT2D eigenvalue weighted by molar-refractivity contribution is -0.119. The molecule has 2 aromatic carbocycles. The highest BCUT2D eigenvalue weighted by Crippen LogP contribution is 2.52. The number of benzene rings is 2. The van der Waals surface area contributed by atoms with Crippen molar-refractivity contribution in [2.75, 3.05) is 0 Å². The number of carbonyl (C=O) groups is 1. The molecule has 1 aliphatic rings. The summed E-state index contributed by atoms with van der Waals surface area (Å²) in [5.74, 6) is -1.82. The van der Waals surface area contributed by atoms with Crippen LogP contribution in [0.3, 0.4) is 0 Å². The Morgan fingerprint density at radius 1 is 1.17 bits per heavy atom. The van der Waals surface area contributed by atoms with Crippen molar-refractivity contribution in [3.63, 3.8) is 0 Å². The van der Waals surface area contributed by atoms with Gasteiger partial charge in [0.15, 0.2) is 0 Å². The first kappa shape index (κ1) is 23.2. The second kappa shape index (κ2) is 8.22. The van der Waals surface area contributed by atoms with E-state index >= 15 is 8.78 Å². The topological polar surface area (TPSA) is 29.1 Å². The number of Topliss-reactive ketones (excluding diaryl/α,β-unsaturated/α-hetero) is 1. The Kier molecular flexibility index (Phi) is 6.35. The van der Waals surface area contributed by atoms with Gasteiger partial charge in [0.2, 0.25) is 0 Å². The van der Waals surface area contributed by atoms with Gasteiger partial charge in [-0.25, -0.2) is 8.78 Å². The summed E-state index contributed by atoms with van der Waals surface area (Å²) in [6.07, 6.45) is 0.661. The monoisotopic (exact) mass is 453 g/mol. The lowest BCUT2D eigenvalue weighted by atomic mass is 9.63. The highest BCUT2D eigenvalue weighted by molar-refractivity contribution is 6.31. The van der Waals surface area contributed by atoms with Crippen LogP contribution in [0.2, 0.25) is 10.0 Å². The minimum atomic E-state index is -0.913. The van der Waals surface area contributed by atoms with Gasteiger partial charge in [0, 0.05) is 22.4 Å². The minimum Gasteiger partial charge on any atom is -0.303 e. The number of carbonyl (C=O) groups excluding carboxylic acids is 1. The van der Waals surface area contributed by atoms with Gasteiger partial charge in [0.25, 0.3) is 0 Å². The third kappa shape index (κ3) is 4.15. The van der Waals surface area contributed by atoms with Crippen LogP contribution in [0.5, 0.6) is 0 Å². The van der Waals surface area contributed by atoms with Gasteiger partial charge in [-0.1, -0.05) is 69.1 Å². The molecular weight excluding hydrogens is 427 g/mol. The number of rotatable bonds is 4. The second-order valence-electron chi connectivity index (χ2n) is 9.60. The van der Waals surface area contributed by atoms with E-state index in [1.165, 1.54) is 19.1 Å². The number of hydrogen-bond donors (Lipinski definition) is 1. The zero-order chi connectivity index (χ0) is 22.4. The predicted octanol–water partition coefficient (Wildman–Crippen LogP) is 6.68. The maximum Gasteiger partial charge on any atom is 0.147 e. The fourth-order valence-corrected chi connectivity index (χ4v) is 5.17. The minimum absolute atomic E-state index is 0.0204. The highest BCUT2D eigenvalue weighted by atomic mass is 35.5. The second-order valence-corrected chi connectivity index (χ2v) is 10.4. The van der Waals surface area contributed by atoms with Crippen molar-refractivity contribution >= 4 is 29.0 Å². The van der Waals surface area contributed by atoms with E-state index in [9.17, 15) is 4.79 Å². The van der Waals surface area contributed by atoms with Gasteiger partial charge in [-0.05, 0) is 48.1 Å². The van der Waals surface area contributed by atoms with Gasteiger partial charge < -0.3 is 5.32 Å². The molecule has 1 aliphatic heterocycles. The van der Waals surface area contributed by atoms with Crippen molar-refractivity contribution in [1.82, 2.24) is 5.32 Å². The summed E-state index contributed by atoms with van der Waals surface area (Å²) >= 11 is 12.1. The molecule has 0 radical (unpaired) electrons. The summed E-state index contributed by atoms with van der Waals surface area (Å²) in [7, 11) is 0. The van der Waals surface area contributed by atoms with E-state index in [4.69, 9.17) is 23.2 Å². The van der Waals surface area contributed by atoms with Crippen LogP contribution in [0.1, 0.15) is 58.1 Å². The van der Waals surface area contributed by atoms with Crippen LogP contribution in [0, 0.1) is 17.0 Å². The lowest BCUT2D eigenvalue weighted by Gasteiger charge is -2.40. The van der Waals surface area contributed by atoms with Gasteiger partial charge in [0.1, 0.15) is 17.4 Å². The third-order valence-electron chi connectivity index (χ3n) is 6.17. The van der Waals surface area contributed by atoms with E-state index in [0.717, 1.165) is 0 Å². The first-order valence-corrected chi connectivity index (χ1v) is 10.8. The quantitative estimate of drug-likeness (QED) is 0.559. The van der Waals surface area contributed by atoms with E-state index in [1.807, 2.05) is 6.92 Å². The SMILES string of the molecule is CC(=O)[C@@H]1N[C@@H](CC(C)(C)C)[C@](C)(c2ccc(Cl)cc2F)[C@H]1c1cccc(Cl)c1F. The average Bonchev–Trinajstić information content (AvgIpc) is 2.89. The molecule has 1 N–H and O–H groups in total. The molecule has 1 fully saturated rings. The summed E-state index contributed by atoms with van der Waals surface area (Å²) in [5.41, 5.74) is -0.306. The maximum atomic E-state index is 15.2. The Bertz CT molecular complexity index is 972. The molecule has 0 saturated carbocycles. The fourth-order valence-electron chi connectivity index (χ4n) is 4.83. The van der Waals surface area contributed by atoms with Crippen LogP contribution < -0.4 is 5.32 Å². The molecule has 162 valence electrons. The first-order valence-electron chi connectivity index (χ1n) is 10.0. The molecule has 1 saturated heterocycles. The molecule has 0 aromatic heterocycles. The molecule has 3 rings (SSSR count). The van der Waals surface area contributed by atoms with Gasteiger partial charge in [-0.2, -0.15) is 0 Å². The predicted molar refractivity (Wildman–Crippen MR) is 118 cm³/mol. The van der Waals surface area contributed by atoms with E-state index in [2.05, 4.69) is 26.1 Å². The lowest BCUT2D eigenvalue weighted by Crippen LogP contribution is -2.43. The van der Waals surface area contributed by atoms with Crippen LogP contribution in [0.15, 0.2) is 36.4 Å². The zero-order valence-corrected chi connectivity index (χ0v) is 19.3. The standard InChI is InChI=1S/C24H27Cl2F2NO/c1-13(30)22-20(15-7-6-8-17(26)21(15)28)24(5,19(29-22)12-23(2,3)4)16-10-9-14(25)11-18(16)27/h6-11,19-20,22,29H,12H2,1-5H3/t19-,20-,22-,24-/m0/s1. The largest absolute Gasteiger partial charge is 0.303 e. The number of nitrogens with one attached hydrogen (secondary N) is 1. The Balaban J connectivity index is 2.30. The van der Waals surface area contributed by atoms with Crippen LogP contribution >= 0.6 is 23.2 Å². The number of ketones is 1. The van der Waals surface area contributed by atoms with Crippen molar-refractivity contribution < 1.29 is 13.6 Å². The first-order chi connectivity index (χ1) is 13.9. The van der Waals surface area contributed by atoms with Crippen molar-refractivity contribution in [2.24, 2.45) is 5.41 Å². The average molecular weight is 454 g/mol. The molecule has 4 atom stereocenters. The molecule has 1 heterocycles. The highest BCUT2D eigenvalue weighted by Gasteiger charge is 2.56. The van der Waals surface area contributed by atoms with Crippen LogP contribution in [0.25, 0.3) is 0 Å². The van der Waals surface area contributed by atoms with Gasteiger partial charge in [-0.3, -0.25) is 4.79 Å². The zero-order valence-electron chi connectivity index (χ0n) is 17.8. The molecule has 2 nitrogen and oxygen atoms in total. The van der Waals surface area contributed by atoms with E-state index in [-0.39, 0.29) is 27.3 Å². The molecule has 0 bridgehead atoms. The molecule has 0 aliphatic carbocycles. The summed E-state index contributed by atoms with van der Waals surface area (Å²) < 4.78 is 30.4. The smallest absolute Gasteiger partial charge is 0.147 e. The molecule has 0 unspecified atom stereocenters. The van der Waals surface area contributed by atoms with Gasteiger partial charge in [0.05, 0.1) is 11.1 Å². The van der Waals surface area contributed by atoms with Crippen molar-refractivity contribution in [2.45, 2.75) is 64.5 Å². The van der Waals surface area contributed by atoms with Crippen molar-refractivity contribution in [3.8, 4) is 0 Å². The maximum absolute atomic E-state index is 15.2.